The number of hydrogen-bond donors (Lipinski definition) is 2. The molecule has 9 rings (SSSR count). The first-order valence-corrected chi connectivity index (χ1v) is 21.7. The molecular weight excluding hydrogens is 743 g/mol. The van der Waals surface area contributed by atoms with Crippen molar-refractivity contribution in [2.24, 2.45) is 5.92 Å². The number of carbonyl (C=O) groups excluding carboxylic acids is 2. The normalized spacial score (nSPS) is 22.8. The Balaban J connectivity index is 0.700. The summed E-state index contributed by atoms with van der Waals surface area (Å²) in [6, 6.07) is 14.3. The predicted molar refractivity (Wildman–Crippen MR) is 231 cm³/mol. The van der Waals surface area contributed by atoms with Gasteiger partial charge in [-0.05, 0) is 107 Å². The first kappa shape index (κ1) is 39.4. The number of aromatic nitrogens is 4. The number of anilines is 2. The number of hydrogen-bond acceptors (Lipinski definition) is 11. The fourth-order valence-electron chi connectivity index (χ4n) is 9.77. The molecule has 2 N–H and O–H groups in total. The van der Waals surface area contributed by atoms with Gasteiger partial charge < -0.3 is 29.7 Å². The summed E-state index contributed by atoms with van der Waals surface area (Å²) >= 11 is 0. The van der Waals surface area contributed by atoms with Crippen molar-refractivity contribution in [1.29, 1.82) is 0 Å². The number of piperazine rings is 2. The summed E-state index contributed by atoms with van der Waals surface area (Å²) < 4.78 is 5.95. The number of amides is 2. The third-order valence-corrected chi connectivity index (χ3v) is 13.2. The molecule has 4 saturated heterocycles. The van der Waals surface area contributed by atoms with E-state index in [2.05, 4.69) is 81.7 Å². The second kappa shape index (κ2) is 16.9. The first-order chi connectivity index (χ1) is 28.6. The second-order valence-corrected chi connectivity index (χ2v) is 17.5. The minimum absolute atomic E-state index is 0.0372. The van der Waals surface area contributed by atoms with Gasteiger partial charge in [-0.1, -0.05) is 6.58 Å². The highest BCUT2D eigenvalue weighted by Crippen LogP contribution is 2.33. The highest BCUT2D eigenvalue weighted by atomic mass is 16.5. The number of allylic oxidation sites excluding steroid dienone is 1. The van der Waals surface area contributed by atoms with Crippen LogP contribution in [0.4, 0.5) is 11.5 Å². The van der Waals surface area contributed by atoms with Crippen LogP contribution in [0.3, 0.4) is 0 Å². The number of benzene rings is 2. The highest BCUT2D eigenvalue weighted by molar-refractivity contribution is 6.02. The molecule has 2 atom stereocenters. The summed E-state index contributed by atoms with van der Waals surface area (Å²) in [5.41, 5.74) is 6.26. The van der Waals surface area contributed by atoms with Gasteiger partial charge in [0.25, 0.3) is 5.91 Å². The molecule has 2 aromatic heterocycles. The van der Waals surface area contributed by atoms with E-state index in [1.807, 2.05) is 38.1 Å². The van der Waals surface area contributed by atoms with Gasteiger partial charge >= 0.3 is 0 Å². The molecule has 0 spiro atoms. The van der Waals surface area contributed by atoms with Crippen molar-refractivity contribution in [2.45, 2.75) is 71.2 Å². The van der Waals surface area contributed by atoms with Crippen LogP contribution < -0.4 is 19.9 Å². The van der Waals surface area contributed by atoms with Crippen LogP contribution in [-0.2, 0) is 11.3 Å². The van der Waals surface area contributed by atoms with Gasteiger partial charge in [0.15, 0.2) is 0 Å². The quantitative estimate of drug-likeness (QED) is 0.221. The summed E-state index contributed by atoms with van der Waals surface area (Å²) in [6.07, 6.45) is 5.63. The van der Waals surface area contributed by atoms with E-state index in [9.17, 15) is 9.59 Å². The molecule has 0 aliphatic carbocycles. The number of aromatic amines is 1. The van der Waals surface area contributed by atoms with Crippen LogP contribution in [0.15, 0.2) is 61.1 Å². The molecule has 312 valence electrons. The highest BCUT2D eigenvalue weighted by Gasteiger charge is 2.38. The standard InChI is InChI=1S/C45H59N11O3/c1-30(2)59-36-7-9-39-38(24-36)43(50-49-39)40-25-42(47-29-46-40)55-22-21-53(32(4)26-55)18-15-51-13-11-33(12-14-51)27-52-16-19-54(20-17-52)35-6-8-37-34(23-35)28-56(45(37)58)41-10-5-31(3)48-44(41)57/h6-9,23-25,29-30,32-33,41H,3,5,10-22,26-28H2,1-2,4H3,(H,48,57)(H,49,50)/t32-,41?/m0/s1. The third-order valence-electron chi connectivity index (χ3n) is 13.2. The number of likely N-dealkylation sites (tertiary alicyclic amines) is 1. The van der Waals surface area contributed by atoms with Crippen molar-refractivity contribution in [3.63, 3.8) is 0 Å². The molecule has 2 aromatic carbocycles. The van der Waals surface area contributed by atoms with Gasteiger partial charge in [0, 0.05) is 106 Å². The van der Waals surface area contributed by atoms with Gasteiger partial charge in [0.05, 0.1) is 17.3 Å². The van der Waals surface area contributed by atoms with Gasteiger partial charge in [-0.15, -0.1) is 0 Å². The van der Waals surface area contributed by atoms with Gasteiger partial charge in [-0.3, -0.25) is 24.5 Å². The van der Waals surface area contributed by atoms with Crippen LogP contribution in [0.25, 0.3) is 22.3 Å². The van der Waals surface area contributed by atoms with Crippen molar-refractivity contribution in [3.8, 4) is 17.1 Å². The third kappa shape index (κ3) is 8.53. The Hall–Kier alpha value is -5.05. The summed E-state index contributed by atoms with van der Waals surface area (Å²) in [5, 5.41) is 11.6. The van der Waals surface area contributed by atoms with Crippen LogP contribution in [0.2, 0.25) is 0 Å². The fourth-order valence-corrected chi connectivity index (χ4v) is 9.77. The van der Waals surface area contributed by atoms with E-state index in [0.717, 1.165) is 116 Å². The number of ether oxygens (including phenoxy) is 1. The summed E-state index contributed by atoms with van der Waals surface area (Å²) in [6.45, 7) is 23.5. The van der Waals surface area contributed by atoms with Crippen LogP contribution in [0.5, 0.6) is 5.75 Å². The molecule has 0 saturated carbocycles. The van der Waals surface area contributed by atoms with E-state index in [4.69, 9.17) is 4.74 Å². The van der Waals surface area contributed by atoms with Crippen molar-refractivity contribution in [1.82, 2.24) is 45.1 Å². The Bertz CT molecular complexity index is 2170. The van der Waals surface area contributed by atoms with Crippen LogP contribution in [0.1, 0.15) is 62.4 Å². The second-order valence-electron chi connectivity index (χ2n) is 17.5. The largest absolute Gasteiger partial charge is 0.491 e. The monoisotopic (exact) mass is 801 g/mol. The molecule has 2 amide bonds. The van der Waals surface area contributed by atoms with E-state index in [0.29, 0.717) is 25.4 Å². The van der Waals surface area contributed by atoms with Gasteiger partial charge in [0.2, 0.25) is 5.91 Å². The molecule has 5 aliphatic rings. The number of rotatable bonds is 11. The van der Waals surface area contributed by atoms with Crippen LogP contribution in [-0.4, -0.2) is 148 Å². The molecule has 4 fully saturated rings. The van der Waals surface area contributed by atoms with Crippen molar-refractivity contribution < 1.29 is 14.3 Å². The SMILES string of the molecule is C=C1CCC(N2Cc3cc(N4CCN(CC5CCN(CCN6CCN(c7cc(-c8n[nH]c9ccc(OC(C)C)cc89)ncn7)C[C@@H]6C)CC5)CC4)ccc3C2=O)C(=O)N1. The lowest BCUT2D eigenvalue weighted by Crippen LogP contribution is -2.54. The average molecular weight is 802 g/mol. The van der Waals surface area contributed by atoms with Crippen molar-refractivity contribution in [2.75, 3.05) is 88.3 Å². The Kier molecular flexibility index (Phi) is 11.3. The number of nitrogens with one attached hydrogen (secondary N) is 2. The topological polar surface area (TPSA) is 129 Å². The van der Waals surface area contributed by atoms with E-state index in [-0.39, 0.29) is 17.9 Å². The predicted octanol–water partition coefficient (Wildman–Crippen LogP) is 4.60. The van der Waals surface area contributed by atoms with E-state index in [1.54, 1.807) is 11.2 Å². The minimum Gasteiger partial charge on any atom is -0.491 e. The zero-order valence-electron chi connectivity index (χ0n) is 34.9. The Morgan fingerprint density at radius 3 is 2.47 bits per heavy atom. The van der Waals surface area contributed by atoms with E-state index < -0.39 is 6.04 Å². The lowest BCUT2D eigenvalue weighted by Gasteiger charge is -2.42. The molecule has 14 heteroatoms. The first-order valence-electron chi connectivity index (χ1n) is 21.7. The molecule has 0 radical (unpaired) electrons. The Morgan fingerprint density at radius 2 is 1.69 bits per heavy atom. The molecule has 4 aromatic rings. The van der Waals surface area contributed by atoms with E-state index in [1.165, 1.54) is 38.2 Å². The molecule has 59 heavy (non-hydrogen) atoms. The van der Waals surface area contributed by atoms with Gasteiger partial charge in [-0.25, -0.2) is 9.97 Å². The average Bonchev–Trinajstić information content (AvgIpc) is 3.81. The van der Waals surface area contributed by atoms with Crippen molar-refractivity contribution in [3.05, 3.63) is 72.2 Å². The zero-order valence-corrected chi connectivity index (χ0v) is 34.9. The summed E-state index contributed by atoms with van der Waals surface area (Å²) in [7, 11) is 0. The fraction of sp³-hybridized carbons (Fsp3) is 0.533. The number of carbonyl (C=O) groups is 2. The van der Waals surface area contributed by atoms with Crippen LogP contribution in [0, 0.1) is 5.92 Å². The smallest absolute Gasteiger partial charge is 0.255 e. The molecule has 7 heterocycles. The molecule has 1 unspecified atom stereocenters. The van der Waals surface area contributed by atoms with Crippen LogP contribution >= 0.6 is 0 Å². The lowest BCUT2D eigenvalue weighted by molar-refractivity contribution is -0.126. The van der Waals surface area contributed by atoms with Gasteiger partial charge in [0.1, 0.15) is 29.6 Å². The summed E-state index contributed by atoms with van der Waals surface area (Å²) in [5.74, 6) is 2.37. The molecule has 0 bridgehead atoms. The zero-order chi connectivity index (χ0) is 40.6. The maximum Gasteiger partial charge on any atom is 0.255 e. The Morgan fingerprint density at radius 1 is 0.881 bits per heavy atom. The van der Waals surface area contributed by atoms with Gasteiger partial charge in [-0.2, -0.15) is 5.10 Å². The number of piperidine rings is 2. The Labute approximate surface area is 347 Å². The number of fused-ring (bicyclic) bond motifs is 2. The minimum atomic E-state index is -0.423. The summed E-state index contributed by atoms with van der Waals surface area (Å²) in [4.78, 5) is 49.7. The maximum atomic E-state index is 13.2. The maximum absolute atomic E-state index is 13.2. The molecule has 14 nitrogen and oxygen atoms in total. The van der Waals surface area contributed by atoms with Crippen molar-refractivity contribution >= 4 is 34.2 Å². The molecular formula is C45H59N11O3. The lowest BCUT2D eigenvalue weighted by atomic mass is 9.96. The van der Waals surface area contributed by atoms with E-state index >= 15 is 0 Å². The number of nitrogens with zero attached hydrogens (tertiary/aromatic N) is 9. The number of H-pyrrole nitrogens is 1. The molecule has 5 aliphatic heterocycles.